The molecule has 1 aliphatic rings. The number of nitrogens with zero attached hydrogens (tertiary/aromatic N) is 2. The van der Waals surface area contributed by atoms with E-state index in [0.717, 1.165) is 25.9 Å². The molecule has 1 fully saturated rings. The van der Waals surface area contributed by atoms with E-state index in [-0.39, 0.29) is 11.8 Å². The normalized spacial score (nSPS) is 14.6. The highest BCUT2D eigenvalue weighted by atomic mass is 16.5. The lowest BCUT2D eigenvalue weighted by Gasteiger charge is -2.25. The van der Waals surface area contributed by atoms with Crippen LogP contribution in [0.4, 0.5) is 5.69 Å². The molecule has 0 radical (unpaired) electrons. The van der Waals surface area contributed by atoms with Gasteiger partial charge < -0.3 is 19.3 Å². The van der Waals surface area contributed by atoms with Crippen LogP contribution >= 0.6 is 0 Å². The number of hydrogen-bond acceptors (Lipinski definition) is 4. The van der Waals surface area contributed by atoms with Gasteiger partial charge in [0.25, 0.3) is 0 Å². The van der Waals surface area contributed by atoms with Crippen LogP contribution in [-0.2, 0) is 9.59 Å². The number of rotatable bonds is 6. The third-order valence-electron chi connectivity index (χ3n) is 4.57. The smallest absolute Gasteiger partial charge is 0.224 e. The van der Waals surface area contributed by atoms with Gasteiger partial charge in [0.1, 0.15) is 0 Å². The Kier molecular flexibility index (Phi) is 7.10. The number of methoxy groups -OCH3 is 2. The van der Waals surface area contributed by atoms with Crippen molar-refractivity contribution < 1.29 is 19.1 Å². The van der Waals surface area contributed by atoms with Crippen molar-refractivity contribution in [3.63, 3.8) is 0 Å². The molecule has 1 aromatic rings. The first kappa shape index (κ1) is 19.1. The number of hydrogen-bond donors (Lipinski definition) is 0. The van der Waals surface area contributed by atoms with Crippen molar-refractivity contribution in [2.24, 2.45) is 0 Å². The lowest BCUT2D eigenvalue weighted by molar-refractivity contribution is -0.131. The van der Waals surface area contributed by atoms with Gasteiger partial charge in [-0.2, -0.15) is 0 Å². The summed E-state index contributed by atoms with van der Waals surface area (Å²) in [5.41, 5.74) is 0.703. The lowest BCUT2D eigenvalue weighted by atomic mass is 10.2. The second-order valence-corrected chi connectivity index (χ2v) is 6.25. The molecular weight excluding hydrogens is 320 g/mol. The first-order valence-electron chi connectivity index (χ1n) is 8.84. The SMILES string of the molecule is COc1ccc(N(CCC(=O)N2CCCCCC2)C(C)=O)cc1OC. The fraction of sp³-hybridized carbons (Fsp3) is 0.579. The third-order valence-corrected chi connectivity index (χ3v) is 4.57. The first-order valence-corrected chi connectivity index (χ1v) is 8.84. The molecule has 1 heterocycles. The van der Waals surface area contributed by atoms with Crippen molar-refractivity contribution in [1.82, 2.24) is 4.90 Å². The van der Waals surface area contributed by atoms with Crippen molar-refractivity contribution in [1.29, 1.82) is 0 Å². The van der Waals surface area contributed by atoms with Gasteiger partial charge in [0, 0.05) is 44.7 Å². The van der Waals surface area contributed by atoms with Gasteiger partial charge in [-0.15, -0.1) is 0 Å². The fourth-order valence-electron chi connectivity index (χ4n) is 3.15. The molecule has 0 aliphatic carbocycles. The molecule has 6 heteroatoms. The molecule has 1 aliphatic heterocycles. The maximum absolute atomic E-state index is 12.5. The van der Waals surface area contributed by atoms with E-state index in [1.54, 1.807) is 37.3 Å². The zero-order valence-corrected chi connectivity index (χ0v) is 15.4. The maximum Gasteiger partial charge on any atom is 0.224 e. The number of amides is 2. The van der Waals surface area contributed by atoms with Gasteiger partial charge in [0.2, 0.25) is 11.8 Å². The molecule has 1 aromatic carbocycles. The van der Waals surface area contributed by atoms with Crippen molar-refractivity contribution in [2.75, 3.05) is 38.8 Å². The number of benzene rings is 1. The summed E-state index contributed by atoms with van der Waals surface area (Å²) in [7, 11) is 3.13. The van der Waals surface area contributed by atoms with E-state index in [1.165, 1.54) is 19.8 Å². The Morgan fingerprint density at radius 3 is 2.24 bits per heavy atom. The van der Waals surface area contributed by atoms with Crippen LogP contribution in [0.3, 0.4) is 0 Å². The molecule has 0 aromatic heterocycles. The summed E-state index contributed by atoms with van der Waals surface area (Å²) in [5, 5.41) is 0. The zero-order valence-electron chi connectivity index (χ0n) is 15.4. The summed E-state index contributed by atoms with van der Waals surface area (Å²) in [6.45, 7) is 3.53. The Bertz CT molecular complexity index is 595. The predicted octanol–water partition coefficient (Wildman–Crippen LogP) is 2.85. The van der Waals surface area contributed by atoms with Gasteiger partial charge in [0.05, 0.1) is 14.2 Å². The third kappa shape index (κ3) is 5.11. The standard InChI is InChI=1S/C19H28N2O4/c1-15(22)21(16-8-9-17(24-2)18(14-16)25-3)13-10-19(23)20-11-6-4-5-7-12-20/h8-9,14H,4-7,10-13H2,1-3H3. The topological polar surface area (TPSA) is 59.1 Å². The van der Waals surface area contributed by atoms with Crippen LogP contribution in [0.15, 0.2) is 18.2 Å². The molecule has 138 valence electrons. The van der Waals surface area contributed by atoms with E-state index in [0.29, 0.717) is 30.2 Å². The van der Waals surface area contributed by atoms with Crippen LogP contribution < -0.4 is 14.4 Å². The summed E-state index contributed by atoms with van der Waals surface area (Å²) in [4.78, 5) is 28.1. The number of ether oxygens (including phenoxy) is 2. The second-order valence-electron chi connectivity index (χ2n) is 6.25. The molecule has 0 unspecified atom stereocenters. The monoisotopic (exact) mass is 348 g/mol. The minimum Gasteiger partial charge on any atom is -0.493 e. The Hall–Kier alpha value is -2.24. The summed E-state index contributed by atoms with van der Waals surface area (Å²) >= 11 is 0. The summed E-state index contributed by atoms with van der Waals surface area (Å²) in [6, 6.07) is 5.33. The quantitative estimate of drug-likeness (QED) is 0.793. The molecule has 2 rings (SSSR count). The molecule has 0 N–H and O–H groups in total. The predicted molar refractivity (Wildman–Crippen MR) is 97.2 cm³/mol. The molecular formula is C19H28N2O4. The van der Waals surface area contributed by atoms with Crippen LogP contribution in [0.1, 0.15) is 39.0 Å². The summed E-state index contributed by atoms with van der Waals surface area (Å²) < 4.78 is 10.5. The molecule has 0 saturated carbocycles. The van der Waals surface area contributed by atoms with Gasteiger partial charge in [0.15, 0.2) is 11.5 Å². The Morgan fingerprint density at radius 1 is 1.04 bits per heavy atom. The highest BCUT2D eigenvalue weighted by Crippen LogP contribution is 2.31. The van der Waals surface area contributed by atoms with E-state index in [9.17, 15) is 9.59 Å². The molecule has 0 atom stereocenters. The van der Waals surface area contributed by atoms with Crippen molar-refractivity contribution >= 4 is 17.5 Å². The fourth-order valence-corrected chi connectivity index (χ4v) is 3.15. The van der Waals surface area contributed by atoms with E-state index in [4.69, 9.17) is 9.47 Å². The van der Waals surface area contributed by atoms with E-state index in [1.807, 2.05) is 4.90 Å². The van der Waals surface area contributed by atoms with Gasteiger partial charge in [-0.3, -0.25) is 9.59 Å². The first-order chi connectivity index (χ1) is 12.1. The number of likely N-dealkylation sites (tertiary alicyclic amines) is 1. The van der Waals surface area contributed by atoms with E-state index in [2.05, 4.69) is 0 Å². The maximum atomic E-state index is 12.5. The Morgan fingerprint density at radius 2 is 1.68 bits per heavy atom. The minimum absolute atomic E-state index is 0.101. The van der Waals surface area contributed by atoms with Gasteiger partial charge in [-0.1, -0.05) is 12.8 Å². The summed E-state index contributed by atoms with van der Waals surface area (Å²) in [6.07, 6.45) is 4.84. The molecule has 25 heavy (non-hydrogen) atoms. The average molecular weight is 348 g/mol. The van der Waals surface area contributed by atoms with Crippen LogP contribution in [0.25, 0.3) is 0 Å². The molecule has 2 amide bonds. The zero-order chi connectivity index (χ0) is 18.2. The highest BCUT2D eigenvalue weighted by Gasteiger charge is 2.19. The van der Waals surface area contributed by atoms with E-state index < -0.39 is 0 Å². The van der Waals surface area contributed by atoms with Gasteiger partial charge in [-0.05, 0) is 25.0 Å². The summed E-state index contributed by atoms with van der Waals surface area (Å²) in [5.74, 6) is 1.19. The average Bonchev–Trinajstić information content (AvgIpc) is 2.90. The minimum atomic E-state index is -0.101. The second kappa shape index (κ2) is 9.30. The van der Waals surface area contributed by atoms with Gasteiger partial charge in [-0.25, -0.2) is 0 Å². The van der Waals surface area contributed by atoms with Crippen LogP contribution in [0.2, 0.25) is 0 Å². The van der Waals surface area contributed by atoms with Crippen molar-refractivity contribution in [3.05, 3.63) is 18.2 Å². The largest absolute Gasteiger partial charge is 0.493 e. The number of carbonyl (C=O) groups excluding carboxylic acids is 2. The number of carbonyl (C=O) groups is 2. The molecule has 0 spiro atoms. The molecule has 1 saturated heterocycles. The van der Waals surface area contributed by atoms with Crippen LogP contribution in [-0.4, -0.2) is 50.6 Å². The highest BCUT2D eigenvalue weighted by molar-refractivity contribution is 5.92. The lowest BCUT2D eigenvalue weighted by Crippen LogP contribution is -2.36. The van der Waals surface area contributed by atoms with Crippen molar-refractivity contribution in [2.45, 2.75) is 39.0 Å². The van der Waals surface area contributed by atoms with E-state index >= 15 is 0 Å². The molecule has 6 nitrogen and oxygen atoms in total. The Balaban J connectivity index is 2.05. The number of anilines is 1. The Labute approximate surface area is 149 Å². The van der Waals surface area contributed by atoms with Gasteiger partial charge >= 0.3 is 0 Å². The molecule has 0 bridgehead atoms. The van der Waals surface area contributed by atoms with Crippen molar-refractivity contribution in [3.8, 4) is 11.5 Å². The van der Waals surface area contributed by atoms with Crippen LogP contribution in [0.5, 0.6) is 11.5 Å². The van der Waals surface area contributed by atoms with Crippen LogP contribution in [0, 0.1) is 0 Å².